The van der Waals surface area contributed by atoms with E-state index in [9.17, 15) is 9.59 Å². The zero-order valence-corrected chi connectivity index (χ0v) is 17.5. The minimum atomic E-state index is -0.415. The van der Waals surface area contributed by atoms with Crippen LogP contribution in [0.3, 0.4) is 0 Å². The van der Waals surface area contributed by atoms with Crippen molar-refractivity contribution >= 4 is 16.8 Å². The number of aromatic nitrogens is 1. The van der Waals surface area contributed by atoms with E-state index in [-0.39, 0.29) is 17.0 Å². The minimum Gasteiger partial charge on any atom is -0.494 e. The molecule has 0 saturated carbocycles. The highest BCUT2D eigenvalue weighted by Gasteiger charge is 2.21. The molecule has 0 unspecified atom stereocenters. The number of carbonyl (C=O) groups is 1. The molecule has 4 rings (SSSR count). The van der Waals surface area contributed by atoms with Gasteiger partial charge in [0.2, 0.25) is 5.43 Å². The molecule has 0 bridgehead atoms. The van der Waals surface area contributed by atoms with Crippen molar-refractivity contribution in [1.82, 2.24) is 9.88 Å². The molecule has 1 aromatic heterocycles. The van der Waals surface area contributed by atoms with Crippen LogP contribution < -0.4 is 15.5 Å². The third kappa shape index (κ3) is 4.21. The Labute approximate surface area is 180 Å². The van der Waals surface area contributed by atoms with Crippen LogP contribution in [0.2, 0.25) is 0 Å². The van der Waals surface area contributed by atoms with E-state index >= 15 is 0 Å². The summed E-state index contributed by atoms with van der Waals surface area (Å²) in [5, 5.41) is 3.51. The number of rotatable bonds is 6. The van der Waals surface area contributed by atoms with Gasteiger partial charge >= 0.3 is 0 Å². The van der Waals surface area contributed by atoms with Gasteiger partial charge < -0.3 is 14.6 Å². The third-order valence-electron chi connectivity index (χ3n) is 5.26. The fourth-order valence-electron chi connectivity index (χ4n) is 3.75. The van der Waals surface area contributed by atoms with E-state index in [1.54, 1.807) is 16.8 Å². The van der Waals surface area contributed by atoms with Crippen LogP contribution in [-0.4, -0.2) is 17.1 Å². The van der Waals surface area contributed by atoms with Gasteiger partial charge in [-0.3, -0.25) is 9.59 Å². The summed E-state index contributed by atoms with van der Waals surface area (Å²) in [7, 11) is 1.82. The Hall–Kier alpha value is -3.86. The number of benzene rings is 3. The van der Waals surface area contributed by atoms with Crippen molar-refractivity contribution in [2.75, 3.05) is 6.61 Å². The highest BCUT2D eigenvalue weighted by Crippen LogP contribution is 2.23. The molecule has 0 aliphatic carbocycles. The quantitative estimate of drug-likeness (QED) is 0.509. The fraction of sp³-hybridized carbons (Fsp3) is 0.154. The number of nitrogens with zero attached hydrogens (tertiary/aromatic N) is 1. The Morgan fingerprint density at radius 1 is 0.968 bits per heavy atom. The van der Waals surface area contributed by atoms with E-state index in [4.69, 9.17) is 4.74 Å². The van der Waals surface area contributed by atoms with Crippen molar-refractivity contribution in [2.45, 2.75) is 13.0 Å². The lowest BCUT2D eigenvalue weighted by molar-refractivity contribution is 0.0941. The summed E-state index contributed by atoms with van der Waals surface area (Å²) in [6.45, 7) is 2.39. The fourth-order valence-corrected chi connectivity index (χ4v) is 3.75. The molecule has 1 heterocycles. The SMILES string of the molecule is CCOc1ccc2c(c1)c(=O)c(C(=O)NC(c1ccccc1)c1ccccc1)cn2C. The maximum atomic E-state index is 13.3. The number of fused-ring (bicyclic) bond motifs is 1. The van der Waals surface area contributed by atoms with Crippen LogP contribution in [0.25, 0.3) is 10.9 Å². The first-order valence-electron chi connectivity index (χ1n) is 10.3. The van der Waals surface area contributed by atoms with E-state index in [2.05, 4.69) is 5.32 Å². The molecule has 0 spiro atoms. The predicted molar refractivity (Wildman–Crippen MR) is 123 cm³/mol. The summed E-state index contributed by atoms with van der Waals surface area (Å²) in [5.41, 5.74) is 2.41. The number of ether oxygens (including phenoxy) is 1. The second-order valence-corrected chi connectivity index (χ2v) is 7.32. The van der Waals surface area contributed by atoms with Gasteiger partial charge in [0, 0.05) is 13.2 Å². The monoisotopic (exact) mass is 412 g/mol. The smallest absolute Gasteiger partial charge is 0.257 e. The van der Waals surface area contributed by atoms with Gasteiger partial charge in [-0.05, 0) is 36.2 Å². The summed E-state index contributed by atoms with van der Waals surface area (Å²) < 4.78 is 7.33. The average Bonchev–Trinajstić information content (AvgIpc) is 2.81. The van der Waals surface area contributed by atoms with Crippen LogP contribution >= 0.6 is 0 Å². The minimum absolute atomic E-state index is 0.0977. The molecule has 0 fully saturated rings. The van der Waals surface area contributed by atoms with Crippen molar-refractivity contribution in [2.24, 2.45) is 7.05 Å². The molecular formula is C26H24N2O3. The van der Waals surface area contributed by atoms with E-state index < -0.39 is 5.91 Å². The van der Waals surface area contributed by atoms with Crippen molar-refractivity contribution < 1.29 is 9.53 Å². The molecule has 31 heavy (non-hydrogen) atoms. The summed E-state index contributed by atoms with van der Waals surface area (Å²) in [6, 6.07) is 24.4. The van der Waals surface area contributed by atoms with Crippen molar-refractivity contribution in [1.29, 1.82) is 0 Å². The zero-order chi connectivity index (χ0) is 21.8. The molecule has 0 saturated heterocycles. The Morgan fingerprint density at radius 2 is 1.58 bits per heavy atom. The molecule has 1 N–H and O–H groups in total. The van der Waals surface area contributed by atoms with Crippen LogP contribution in [0.4, 0.5) is 0 Å². The molecule has 5 heteroatoms. The molecule has 1 amide bonds. The van der Waals surface area contributed by atoms with E-state index in [0.717, 1.165) is 16.6 Å². The normalized spacial score (nSPS) is 10.9. The summed E-state index contributed by atoms with van der Waals surface area (Å²) in [6.07, 6.45) is 1.59. The highest BCUT2D eigenvalue weighted by atomic mass is 16.5. The third-order valence-corrected chi connectivity index (χ3v) is 5.26. The summed E-state index contributed by atoms with van der Waals surface area (Å²) in [5.74, 6) is 0.193. The molecule has 4 aromatic rings. The highest BCUT2D eigenvalue weighted by molar-refractivity contribution is 5.98. The second kappa shape index (κ2) is 8.88. The van der Waals surface area contributed by atoms with E-state index in [0.29, 0.717) is 17.7 Å². The zero-order valence-electron chi connectivity index (χ0n) is 17.5. The molecule has 5 nitrogen and oxygen atoms in total. The first-order valence-corrected chi connectivity index (χ1v) is 10.3. The Kier molecular flexibility index (Phi) is 5.85. The van der Waals surface area contributed by atoms with Gasteiger partial charge in [0.25, 0.3) is 5.91 Å². The van der Waals surface area contributed by atoms with Crippen LogP contribution in [0, 0.1) is 0 Å². The van der Waals surface area contributed by atoms with Crippen LogP contribution in [-0.2, 0) is 7.05 Å². The molecular weight excluding hydrogens is 388 g/mol. The number of pyridine rings is 1. The summed E-state index contributed by atoms with van der Waals surface area (Å²) >= 11 is 0. The number of aryl methyl sites for hydroxylation is 1. The van der Waals surface area contributed by atoms with Gasteiger partial charge in [0.15, 0.2) is 0 Å². The molecule has 0 aliphatic rings. The Morgan fingerprint density at radius 3 is 2.16 bits per heavy atom. The number of nitrogens with one attached hydrogen (secondary N) is 1. The molecule has 3 aromatic carbocycles. The predicted octanol–water partition coefficient (Wildman–Crippen LogP) is 4.46. The molecule has 0 atom stereocenters. The lowest BCUT2D eigenvalue weighted by Crippen LogP contribution is -2.33. The van der Waals surface area contributed by atoms with Gasteiger partial charge in [0.05, 0.1) is 23.6 Å². The molecule has 156 valence electrons. The first kappa shape index (κ1) is 20.4. The standard InChI is InChI=1S/C26H24N2O3/c1-3-31-20-14-15-23-21(16-20)25(29)22(17-28(23)2)26(30)27-24(18-10-6-4-7-11-18)19-12-8-5-9-13-19/h4-17,24H,3H2,1-2H3,(H,27,30). The van der Waals surface area contributed by atoms with Crippen molar-refractivity contribution in [3.05, 3.63) is 112 Å². The van der Waals surface area contributed by atoms with Crippen LogP contribution in [0.15, 0.2) is 89.9 Å². The van der Waals surface area contributed by atoms with Gasteiger partial charge in [-0.2, -0.15) is 0 Å². The number of carbonyl (C=O) groups excluding carboxylic acids is 1. The van der Waals surface area contributed by atoms with Gasteiger partial charge in [0.1, 0.15) is 11.3 Å². The Balaban J connectivity index is 1.76. The Bertz CT molecular complexity index is 1230. The van der Waals surface area contributed by atoms with Gasteiger partial charge in [-0.15, -0.1) is 0 Å². The van der Waals surface area contributed by atoms with Crippen LogP contribution in [0.1, 0.15) is 34.5 Å². The topological polar surface area (TPSA) is 60.3 Å². The average molecular weight is 412 g/mol. The number of hydrogen-bond acceptors (Lipinski definition) is 3. The second-order valence-electron chi connectivity index (χ2n) is 7.32. The lowest BCUT2D eigenvalue weighted by Gasteiger charge is -2.20. The lowest BCUT2D eigenvalue weighted by atomic mass is 9.98. The first-order chi connectivity index (χ1) is 15.1. The maximum absolute atomic E-state index is 13.3. The maximum Gasteiger partial charge on any atom is 0.257 e. The molecule has 0 radical (unpaired) electrons. The van der Waals surface area contributed by atoms with Gasteiger partial charge in [-0.1, -0.05) is 60.7 Å². The largest absolute Gasteiger partial charge is 0.494 e. The van der Waals surface area contributed by atoms with Gasteiger partial charge in [-0.25, -0.2) is 0 Å². The van der Waals surface area contributed by atoms with Crippen molar-refractivity contribution in [3.63, 3.8) is 0 Å². The van der Waals surface area contributed by atoms with Crippen molar-refractivity contribution in [3.8, 4) is 5.75 Å². The van der Waals surface area contributed by atoms with E-state index in [1.165, 1.54) is 0 Å². The van der Waals surface area contributed by atoms with E-state index in [1.807, 2.05) is 86.8 Å². The summed E-state index contributed by atoms with van der Waals surface area (Å²) in [4.78, 5) is 26.5. The number of amides is 1. The van der Waals surface area contributed by atoms with Crippen LogP contribution in [0.5, 0.6) is 5.75 Å². The number of hydrogen-bond donors (Lipinski definition) is 1. The molecule has 0 aliphatic heterocycles.